The van der Waals surface area contributed by atoms with Gasteiger partial charge in [0.05, 0.1) is 18.0 Å². The van der Waals surface area contributed by atoms with Crippen LogP contribution in [0.15, 0.2) is 0 Å². The van der Waals surface area contributed by atoms with Crippen LogP contribution in [0.2, 0.25) is 0 Å². The zero-order chi connectivity index (χ0) is 15.6. The van der Waals surface area contributed by atoms with Crippen LogP contribution in [0.5, 0.6) is 0 Å². The summed E-state index contributed by atoms with van der Waals surface area (Å²) in [4.78, 5) is 2.55. The van der Waals surface area contributed by atoms with Crippen LogP contribution in [0.1, 0.15) is 32.6 Å². The number of nitrogens with zero attached hydrogens (tertiary/aromatic N) is 1. The molecule has 2 N–H and O–H groups in total. The highest BCUT2D eigenvalue weighted by atomic mass is 32.2. The van der Waals surface area contributed by atoms with Crippen molar-refractivity contribution in [2.45, 2.75) is 44.2 Å². The van der Waals surface area contributed by atoms with Gasteiger partial charge in [-0.1, -0.05) is 0 Å². The summed E-state index contributed by atoms with van der Waals surface area (Å²) in [5.74, 6) is 0.933. The molecule has 1 spiro atoms. The van der Waals surface area contributed by atoms with Crippen LogP contribution in [0, 0.1) is 5.92 Å². The van der Waals surface area contributed by atoms with Gasteiger partial charge in [-0.3, -0.25) is 0 Å². The molecular formula is C15H29N3O3S. The lowest BCUT2D eigenvalue weighted by Crippen LogP contribution is -2.46. The fourth-order valence-corrected chi connectivity index (χ4v) is 4.81. The van der Waals surface area contributed by atoms with Crippen LogP contribution < -0.4 is 10.0 Å². The minimum Gasteiger partial charge on any atom is -0.373 e. The highest BCUT2D eigenvalue weighted by Gasteiger charge is 2.43. The predicted molar refractivity (Wildman–Crippen MR) is 86.3 cm³/mol. The Morgan fingerprint density at radius 1 is 1.36 bits per heavy atom. The normalized spacial score (nSPS) is 32.8. The minimum absolute atomic E-state index is 0.0458. The molecule has 3 aliphatic rings. The van der Waals surface area contributed by atoms with Crippen LogP contribution in [-0.2, 0) is 14.8 Å². The van der Waals surface area contributed by atoms with E-state index in [0.717, 1.165) is 51.4 Å². The number of ether oxygens (including phenoxy) is 1. The van der Waals surface area contributed by atoms with Gasteiger partial charge >= 0.3 is 0 Å². The van der Waals surface area contributed by atoms with Crippen LogP contribution in [0.4, 0.5) is 0 Å². The first-order chi connectivity index (χ1) is 10.5. The second-order valence-corrected chi connectivity index (χ2v) is 9.12. The lowest BCUT2D eigenvalue weighted by molar-refractivity contribution is -0.0452. The Bertz CT molecular complexity index is 468. The number of hydrogen-bond acceptors (Lipinski definition) is 5. The van der Waals surface area contributed by atoms with Gasteiger partial charge < -0.3 is 15.0 Å². The molecule has 0 amide bonds. The van der Waals surface area contributed by atoms with Gasteiger partial charge in [-0.15, -0.1) is 0 Å². The quantitative estimate of drug-likeness (QED) is 0.751. The van der Waals surface area contributed by atoms with E-state index in [4.69, 9.17) is 4.74 Å². The largest absolute Gasteiger partial charge is 0.373 e. The second-order valence-electron chi connectivity index (χ2n) is 7.08. The Balaban J connectivity index is 1.46. The van der Waals surface area contributed by atoms with Gasteiger partial charge in [-0.2, -0.15) is 0 Å². The van der Waals surface area contributed by atoms with E-state index in [-0.39, 0.29) is 17.4 Å². The molecule has 3 fully saturated rings. The molecule has 7 heteroatoms. The molecule has 3 saturated heterocycles. The molecule has 3 rings (SSSR count). The van der Waals surface area contributed by atoms with Crippen LogP contribution in [-0.4, -0.2) is 70.0 Å². The van der Waals surface area contributed by atoms with Crippen molar-refractivity contribution in [3.05, 3.63) is 0 Å². The average molecular weight is 331 g/mol. The Morgan fingerprint density at radius 3 is 2.77 bits per heavy atom. The monoisotopic (exact) mass is 331 g/mol. The summed E-state index contributed by atoms with van der Waals surface area (Å²) in [5.41, 5.74) is -0.0919. The van der Waals surface area contributed by atoms with Crippen molar-refractivity contribution in [1.29, 1.82) is 0 Å². The standard InChI is InChI=1S/C15H29N3O3S/c1-2-22(19,20)17-14-9-15(21-12-14)4-7-18(8-5-15)11-13-3-6-16-10-13/h13-14,16-17H,2-12H2,1H3/t13-,14?/m1/s1. The third-order valence-corrected chi connectivity index (χ3v) is 6.83. The van der Waals surface area contributed by atoms with Gasteiger partial charge in [-0.25, -0.2) is 13.1 Å². The van der Waals surface area contributed by atoms with E-state index in [0.29, 0.717) is 6.61 Å². The Hall–Kier alpha value is -0.210. The minimum atomic E-state index is -3.13. The average Bonchev–Trinajstić information content (AvgIpc) is 3.12. The van der Waals surface area contributed by atoms with E-state index in [1.165, 1.54) is 13.0 Å². The molecule has 0 aliphatic carbocycles. The molecule has 0 bridgehead atoms. The van der Waals surface area contributed by atoms with Crippen molar-refractivity contribution in [3.63, 3.8) is 0 Å². The third kappa shape index (κ3) is 4.00. The van der Waals surface area contributed by atoms with Crippen LogP contribution >= 0.6 is 0 Å². The Morgan fingerprint density at radius 2 is 2.14 bits per heavy atom. The van der Waals surface area contributed by atoms with E-state index < -0.39 is 10.0 Å². The summed E-state index contributed by atoms with van der Waals surface area (Å²) in [6.45, 7) is 7.84. The van der Waals surface area contributed by atoms with E-state index in [9.17, 15) is 8.42 Å². The summed E-state index contributed by atoms with van der Waals surface area (Å²) < 4.78 is 32.2. The number of hydrogen-bond donors (Lipinski definition) is 2. The lowest BCUT2D eigenvalue weighted by Gasteiger charge is -2.39. The molecular weight excluding hydrogens is 302 g/mol. The summed E-state index contributed by atoms with van der Waals surface area (Å²) >= 11 is 0. The van der Waals surface area contributed by atoms with Crippen molar-refractivity contribution >= 4 is 10.0 Å². The number of piperidine rings is 1. The summed E-state index contributed by atoms with van der Waals surface area (Å²) in [5, 5.41) is 3.43. The molecule has 3 aliphatic heterocycles. The molecule has 0 saturated carbocycles. The van der Waals surface area contributed by atoms with E-state index >= 15 is 0 Å². The van der Waals surface area contributed by atoms with Gasteiger partial charge in [-0.05, 0) is 51.6 Å². The van der Waals surface area contributed by atoms with E-state index in [1.54, 1.807) is 6.92 Å². The number of sulfonamides is 1. The van der Waals surface area contributed by atoms with E-state index in [1.807, 2.05) is 0 Å². The summed E-state index contributed by atoms with van der Waals surface area (Å²) in [7, 11) is -3.13. The zero-order valence-electron chi connectivity index (χ0n) is 13.5. The fraction of sp³-hybridized carbons (Fsp3) is 1.00. The number of rotatable bonds is 5. The highest BCUT2D eigenvalue weighted by Crippen LogP contribution is 2.36. The summed E-state index contributed by atoms with van der Waals surface area (Å²) in [6, 6.07) is -0.0458. The molecule has 1 unspecified atom stereocenters. The zero-order valence-corrected chi connectivity index (χ0v) is 14.3. The number of likely N-dealkylation sites (tertiary alicyclic amines) is 1. The van der Waals surface area contributed by atoms with Crippen molar-refractivity contribution in [1.82, 2.24) is 14.9 Å². The molecule has 0 radical (unpaired) electrons. The molecule has 0 aromatic heterocycles. The van der Waals surface area contributed by atoms with Crippen molar-refractivity contribution in [2.75, 3.05) is 45.1 Å². The highest BCUT2D eigenvalue weighted by molar-refractivity contribution is 7.89. The van der Waals surface area contributed by atoms with Gasteiger partial charge in [0.2, 0.25) is 10.0 Å². The Labute approximate surface area is 134 Å². The van der Waals surface area contributed by atoms with Crippen molar-refractivity contribution < 1.29 is 13.2 Å². The molecule has 22 heavy (non-hydrogen) atoms. The first-order valence-corrected chi connectivity index (χ1v) is 10.2. The molecule has 0 aromatic rings. The lowest BCUT2D eigenvalue weighted by atomic mass is 9.87. The topological polar surface area (TPSA) is 70.7 Å². The first kappa shape index (κ1) is 16.6. The van der Waals surface area contributed by atoms with Gasteiger partial charge in [0, 0.05) is 25.7 Å². The maximum Gasteiger partial charge on any atom is 0.211 e. The summed E-state index contributed by atoms with van der Waals surface area (Å²) in [6.07, 6.45) is 4.17. The van der Waals surface area contributed by atoms with E-state index in [2.05, 4.69) is 14.9 Å². The Kier molecular flexibility index (Phi) is 5.09. The number of nitrogens with one attached hydrogen (secondary N) is 2. The fourth-order valence-electron chi connectivity index (χ4n) is 3.98. The second kappa shape index (κ2) is 6.73. The van der Waals surface area contributed by atoms with Gasteiger partial charge in [0.1, 0.15) is 0 Å². The SMILES string of the molecule is CCS(=O)(=O)NC1COC2(CCN(C[C@@H]3CCNC3)CC2)C1. The van der Waals surface area contributed by atoms with Gasteiger partial charge in [0.25, 0.3) is 0 Å². The van der Waals surface area contributed by atoms with Crippen LogP contribution in [0.25, 0.3) is 0 Å². The molecule has 0 aromatic carbocycles. The molecule has 128 valence electrons. The first-order valence-electron chi connectivity index (χ1n) is 8.57. The smallest absolute Gasteiger partial charge is 0.211 e. The van der Waals surface area contributed by atoms with Crippen molar-refractivity contribution in [3.8, 4) is 0 Å². The molecule has 3 heterocycles. The van der Waals surface area contributed by atoms with Crippen molar-refractivity contribution in [2.24, 2.45) is 5.92 Å². The van der Waals surface area contributed by atoms with Crippen LogP contribution in [0.3, 0.4) is 0 Å². The molecule has 6 nitrogen and oxygen atoms in total. The maximum atomic E-state index is 11.7. The predicted octanol–water partition coefficient (Wildman–Crippen LogP) is 0.159. The molecule has 2 atom stereocenters. The maximum absolute atomic E-state index is 11.7. The third-order valence-electron chi connectivity index (χ3n) is 5.38. The van der Waals surface area contributed by atoms with Gasteiger partial charge in [0.15, 0.2) is 0 Å².